The van der Waals surface area contributed by atoms with Gasteiger partial charge < -0.3 is 9.47 Å². The molecule has 0 bridgehead atoms. The molecule has 0 saturated carbocycles. The van der Waals surface area contributed by atoms with E-state index < -0.39 is 23.4 Å². The maximum absolute atomic E-state index is 11.7. The first-order chi connectivity index (χ1) is 9.71. The van der Waals surface area contributed by atoms with E-state index in [4.69, 9.17) is 9.47 Å². The molecule has 0 unspecified atom stereocenters. The Balaban J connectivity index is 2.72. The first kappa shape index (κ1) is 16.7. The highest BCUT2D eigenvalue weighted by Gasteiger charge is 2.17. The summed E-state index contributed by atoms with van der Waals surface area (Å²) in [7, 11) is 0. The summed E-state index contributed by atoms with van der Waals surface area (Å²) in [5, 5.41) is 2.34. The second-order valence-electron chi connectivity index (χ2n) is 5.16. The van der Waals surface area contributed by atoms with Gasteiger partial charge in [-0.1, -0.05) is 0 Å². The predicted octanol–water partition coefficient (Wildman–Crippen LogP) is 1.15. The van der Waals surface area contributed by atoms with Crippen LogP contribution in [0.4, 0.5) is 10.6 Å². The lowest BCUT2D eigenvalue weighted by Gasteiger charge is -2.19. The zero-order valence-electron chi connectivity index (χ0n) is 12.5. The van der Waals surface area contributed by atoms with E-state index in [1.54, 1.807) is 27.7 Å². The summed E-state index contributed by atoms with van der Waals surface area (Å²) >= 11 is 0. The minimum absolute atomic E-state index is 0.0503. The standard InChI is InChI=1S/C13H19N3O5/c1-5-20-10(17)8-16-7-6-9(14-11(16)18)15-12(19)21-13(2,3)4/h6-7H,5,8H2,1-4H3,(H,14,15,18,19). The minimum atomic E-state index is -0.711. The van der Waals surface area contributed by atoms with E-state index in [1.807, 2.05) is 0 Å². The number of nitrogens with one attached hydrogen (secondary N) is 1. The van der Waals surface area contributed by atoms with Crippen LogP contribution >= 0.6 is 0 Å². The molecule has 1 heterocycles. The molecule has 1 aromatic rings. The van der Waals surface area contributed by atoms with Crippen molar-refractivity contribution in [2.45, 2.75) is 39.8 Å². The van der Waals surface area contributed by atoms with E-state index >= 15 is 0 Å². The van der Waals surface area contributed by atoms with Crippen LogP contribution in [0.3, 0.4) is 0 Å². The molecule has 0 aliphatic rings. The van der Waals surface area contributed by atoms with Crippen molar-refractivity contribution in [2.24, 2.45) is 0 Å². The third kappa shape index (κ3) is 6.07. The summed E-state index contributed by atoms with van der Waals surface area (Å²) in [6.45, 7) is 6.84. The zero-order valence-corrected chi connectivity index (χ0v) is 12.5. The molecule has 0 aliphatic carbocycles. The highest BCUT2D eigenvalue weighted by molar-refractivity contribution is 5.83. The van der Waals surface area contributed by atoms with Crippen molar-refractivity contribution >= 4 is 17.9 Å². The fraction of sp³-hybridized carbons (Fsp3) is 0.538. The number of anilines is 1. The van der Waals surface area contributed by atoms with Gasteiger partial charge in [-0.05, 0) is 33.8 Å². The zero-order chi connectivity index (χ0) is 16.0. The predicted molar refractivity (Wildman–Crippen MR) is 75.0 cm³/mol. The average Bonchev–Trinajstić information content (AvgIpc) is 2.30. The number of hydrogen-bond donors (Lipinski definition) is 1. The SMILES string of the molecule is CCOC(=O)Cn1ccc(NC(=O)OC(C)(C)C)nc1=O. The van der Waals surface area contributed by atoms with Crippen LogP contribution in [-0.2, 0) is 20.8 Å². The molecule has 1 amide bonds. The third-order valence-corrected chi connectivity index (χ3v) is 2.11. The summed E-state index contributed by atoms with van der Waals surface area (Å²) in [4.78, 5) is 38.2. The highest BCUT2D eigenvalue weighted by Crippen LogP contribution is 2.08. The number of nitrogens with zero attached hydrogens (tertiary/aromatic N) is 2. The Hall–Kier alpha value is -2.38. The fourth-order valence-electron chi connectivity index (χ4n) is 1.37. The first-order valence-corrected chi connectivity index (χ1v) is 6.44. The topological polar surface area (TPSA) is 99.5 Å². The third-order valence-electron chi connectivity index (χ3n) is 2.11. The first-order valence-electron chi connectivity index (χ1n) is 6.44. The molecule has 0 atom stereocenters. The second kappa shape index (κ2) is 6.87. The lowest BCUT2D eigenvalue weighted by molar-refractivity contribution is -0.143. The van der Waals surface area contributed by atoms with Crippen LogP contribution in [0.2, 0.25) is 0 Å². The second-order valence-corrected chi connectivity index (χ2v) is 5.16. The molecule has 0 radical (unpaired) electrons. The Morgan fingerprint density at radius 2 is 2.05 bits per heavy atom. The van der Waals surface area contributed by atoms with Crippen LogP contribution in [-0.4, -0.2) is 33.8 Å². The number of amides is 1. The van der Waals surface area contributed by atoms with Crippen molar-refractivity contribution < 1.29 is 19.1 Å². The molecule has 8 heteroatoms. The van der Waals surface area contributed by atoms with E-state index in [9.17, 15) is 14.4 Å². The molecule has 1 N–H and O–H groups in total. The molecule has 0 saturated heterocycles. The van der Waals surface area contributed by atoms with E-state index in [0.717, 1.165) is 4.57 Å². The van der Waals surface area contributed by atoms with Crippen LogP contribution in [0.1, 0.15) is 27.7 Å². The molecule has 116 valence electrons. The molecule has 1 aromatic heterocycles. The van der Waals surface area contributed by atoms with Gasteiger partial charge in [0.1, 0.15) is 18.0 Å². The Kier molecular flexibility index (Phi) is 5.45. The van der Waals surface area contributed by atoms with Crippen molar-refractivity contribution in [3.8, 4) is 0 Å². The van der Waals surface area contributed by atoms with Crippen molar-refractivity contribution in [3.63, 3.8) is 0 Å². The van der Waals surface area contributed by atoms with Crippen LogP contribution in [0, 0.1) is 0 Å². The van der Waals surface area contributed by atoms with E-state index in [0.29, 0.717) is 0 Å². The Bertz CT molecular complexity index is 574. The molecular weight excluding hydrogens is 278 g/mol. The monoisotopic (exact) mass is 297 g/mol. The summed E-state index contributed by atoms with van der Waals surface area (Å²) in [5.74, 6) is -0.483. The van der Waals surface area contributed by atoms with Crippen LogP contribution in [0.15, 0.2) is 17.1 Å². The summed E-state index contributed by atoms with van der Waals surface area (Å²) in [6.07, 6.45) is 0.636. The van der Waals surface area contributed by atoms with Crippen LogP contribution < -0.4 is 11.0 Å². The van der Waals surface area contributed by atoms with Gasteiger partial charge in [0.15, 0.2) is 0 Å². The maximum Gasteiger partial charge on any atom is 0.413 e. The number of rotatable bonds is 4. The molecule has 8 nitrogen and oxygen atoms in total. The number of carbonyl (C=O) groups excluding carboxylic acids is 2. The summed E-state index contributed by atoms with van der Waals surface area (Å²) < 4.78 is 10.9. The van der Waals surface area contributed by atoms with Crippen LogP contribution in [0.25, 0.3) is 0 Å². The van der Waals surface area contributed by atoms with Crippen molar-refractivity contribution in [2.75, 3.05) is 11.9 Å². The number of ether oxygens (including phenoxy) is 2. The van der Waals surface area contributed by atoms with Gasteiger partial charge in [-0.15, -0.1) is 0 Å². The average molecular weight is 297 g/mol. The fourth-order valence-corrected chi connectivity index (χ4v) is 1.37. The lowest BCUT2D eigenvalue weighted by atomic mass is 10.2. The smallest absolute Gasteiger partial charge is 0.413 e. The van der Waals surface area contributed by atoms with Crippen molar-refractivity contribution in [1.82, 2.24) is 9.55 Å². The van der Waals surface area contributed by atoms with Gasteiger partial charge in [0.05, 0.1) is 6.61 Å². The number of aromatic nitrogens is 2. The quantitative estimate of drug-likeness (QED) is 0.837. The van der Waals surface area contributed by atoms with Crippen molar-refractivity contribution in [3.05, 3.63) is 22.7 Å². The molecule has 0 spiro atoms. The Labute approximate surface area is 122 Å². The van der Waals surface area contributed by atoms with Crippen molar-refractivity contribution in [1.29, 1.82) is 0 Å². The molecule has 0 aliphatic heterocycles. The van der Waals surface area contributed by atoms with E-state index in [-0.39, 0.29) is 19.0 Å². The van der Waals surface area contributed by atoms with Gasteiger partial charge in [-0.25, -0.2) is 9.59 Å². The van der Waals surface area contributed by atoms with Crippen LogP contribution in [0.5, 0.6) is 0 Å². The van der Waals surface area contributed by atoms with Gasteiger partial charge in [0.25, 0.3) is 0 Å². The van der Waals surface area contributed by atoms with Gasteiger partial charge in [0.2, 0.25) is 0 Å². The largest absolute Gasteiger partial charge is 0.465 e. The molecule has 0 fully saturated rings. The summed E-state index contributed by atoms with van der Waals surface area (Å²) in [6, 6.07) is 1.39. The van der Waals surface area contributed by atoms with E-state index in [1.165, 1.54) is 12.3 Å². The minimum Gasteiger partial charge on any atom is -0.465 e. The van der Waals surface area contributed by atoms with Gasteiger partial charge >= 0.3 is 17.8 Å². The molecular formula is C13H19N3O5. The normalized spacial score (nSPS) is 10.9. The Morgan fingerprint density at radius 3 is 2.57 bits per heavy atom. The Morgan fingerprint density at radius 1 is 1.38 bits per heavy atom. The maximum atomic E-state index is 11.7. The summed E-state index contributed by atoms with van der Waals surface area (Å²) in [5.41, 5.74) is -1.32. The molecule has 21 heavy (non-hydrogen) atoms. The van der Waals surface area contributed by atoms with E-state index in [2.05, 4.69) is 10.3 Å². The number of carbonyl (C=O) groups is 2. The number of hydrogen-bond acceptors (Lipinski definition) is 6. The molecule has 1 rings (SSSR count). The van der Waals surface area contributed by atoms with Gasteiger partial charge in [0, 0.05) is 6.20 Å². The lowest BCUT2D eigenvalue weighted by Crippen LogP contribution is -2.30. The van der Waals surface area contributed by atoms with Gasteiger partial charge in [-0.3, -0.25) is 14.7 Å². The molecule has 0 aromatic carbocycles. The number of esters is 1. The van der Waals surface area contributed by atoms with Gasteiger partial charge in [-0.2, -0.15) is 4.98 Å². The highest BCUT2D eigenvalue weighted by atomic mass is 16.6.